The van der Waals surface area contributed by atoms with Crippen LogP contribution in [0.5, 0.6) is 0 Å². The molecule has 0 spiro atoms. The van der Waals surface area contributed by atoms with Crippen molar-refractivity contribution in [3.05, 3.63) is 57.8 Å². The maximum absolute atomic E-state index is 2.58. The van der Waals surface area contributed by atoms with Gasteiger partial charge in [0.05, 0.1) is 0 Å². The van der Waals surface area contributed by atoms with E-state index in [-0.39, 0.29) is 0 Å². The Morgan fingerprint density at radius 2 is 2.05 bits per heavy atom. The first kappa shape index (κ1) is 13.8. The van der Waals surface area contributed by atoms with E-state index in [1.54, 1.807) is 0 Å². The van der Waals surface area contributed by atoms with Crippen LogP contribution in [0, 0.1) is 0 Å². The molecule has 106 valence electrons. The summed E-state index contributed by atoms with van der Waals surface area (Å²) >= 11 is 1.90. The lowest BCUT2D eigenvalue weighted by Gasteiger charge is -2.41. The zero-order chi connectivity index (χ0) is 13.9. The third-order valence-electron chi connectivity index (χ3n) is 3.88. The minimum Gasteiger partial charge on any atom is -0.305 e. The van der Waals surface area contributed by atoms with Crippen molar-refractivity contribution in [1.82, 2.24) is 9.80 Å². The van der Waals surface area contributed by atoms with Gasteiger partial charge in [0.2, 0.25) is 0 Å². The van der Waals surface area contributed by atoms with Crippen LogP contribution in [0.1, 0.15) is 28.5 Å². The molecule has 2 heterocycles. The van der Waals surface area contributed by atoms with E-state index < -0.39 is 0 Å². The summed E-state index contributed by atoms with van der Waals surface area (Å²) in [5.74, 6) is 0. The van der Waals surface area contributed by atoms with E-state index in [0.29, 0.717) is 6.04 Å². The maximum atomic E-state index is 2.58. The molecule has 1 aliphatic heterocycles. The van der Waals surface area contributed by atoms with Gasteiger partial charge in [-0.1, -0.05) is 30.3 Å². The molecular weight excluding hydrogens is 264 g/mol. The third kappa shape index (κ3) is 3.11. The number of rotatable bonds is 5. The fraction of sp³-hybridized carbons (Fsp3) is 0.412. The van der Waals surface area contributed by atoms with Gasteiger partial charge in [0.15, 0.2) is 0 Å². The molecule has 3 heteroatoms. The Kier molecular flexibility index (Phi) is 4.20. The molecule has 1 saturated heterocycles. The molecule has 0 radical (unpaired) electrons. The molecule has 2 aromatic rings. The zero-order valence-corrected chi connectivity index (χ0v) is 13.1. The molecular formula is C17H22N2S. The zero-order valence-electron chi connectivity index (χ0n) is 12.2. The Bertz CT molecular complexity index is 547. The summed E-state index contributed by atoms with van der Waals surface area (Å²) in [6.07, 6.45) is 1.29. The topological polar surface area (TPSA) is 6.48 Å². The second-order valence-corrected chi connectivity index (χ2v) is 6.84. The Labute approximate surface area is 125 Å². The van der Waals surface area contributed by atoms with E-state index in [2.05, 4.69) is 65.7 Å². The quantitative estimate of drug-likeness (QED) is 0.826. The average molecular weight is 286 g/mol. The number of benzene rings is 1. The Morgan fingerprint density at radius 3 is 2.70 bits per heavy atom. The monoisotopic (exact) mass is 286 g/mol. The van der Waals surface area contributed by atoms with E-state index in [9.17, 15) is 0 Å². The summed E-state index contributed by atoms with van der Waals surface area (Å²) in [4.78, 5) is 6.30. The summed E-state index contributed by atoms with van der Waals surface area (Å²) in [5.41, 5.74) is 2.90. The van der Waals surface area contributed by atoms with Crippen LogP contribution in [-0.4, -0.2) is 30.4 Å². The van der Waals surface area contributed by atoms with E-state index in [1.165, 1.54) is 29.0 Å². The predicted molar refractivity (Wildman–Crippen MR) is 85.9 cm³/mol. The number of thiophene rings is 1. The fourth-order valence-electron chi connectivity index (χ4n) is 2.84. The van der Waals surface area contributed by atoms with Gasteiger partial charge in [-0.05, 0) is 43.1 Å². The first-order chi connectivity index (χ1) is 9.72. The van der Waals surface area contributed by atoms with Gasteiger partial charge in [-0.15, -0.1) is 11.3 Å². The summed E-state index contributed by atoms with van der Waals surface area (Å²) in [7, 11) is 4.25. The largest absolute Gasteiger partial charge is 0.305 e. The number of nitrogens with zero attached hydrogens (tertiary/aromatic N) is 2. The van der Waals surface area contributed by atoms with Gasteiger partial charge in [-0.2, -0.15) is 0 Å². The van der Waals surface area contributed by atoms with Crippen LogP contribution in [0.3, 0.4) is 0 Å². The summed E-state index contributed by atoms with van der Waals surface area (Å²) in [6.45, 7) is 3.36. The van der Waals surface area contributed by atoms with E-state index in [1.807, 2.05) is 11.3 Å². The van der Waals surface area contributed by atoms with Crippen molar-refractivity contribution in [2.24, 2.45) is 0 Å². The molecule has 1 aromatic carbocycles. The summed E-state index contributed by atoms with van der Waals surface area (Å²) < 4.78 is 0. The highest BCUT2D eigenvalue weighted by Gasteiger charge is 2.29. The van der Waals surface area contributed by atoms with Crippen LogP contribution >= 0.6 is 11.3 Å². The van der Waals surface area contributed by atoms with Gasteiger partial charge in [0.25, 0.3) is 0 Å². The van der Waals surface area contributed by atoms with Gasteiger partial charge >= 0.3 is 0 Å². The second kappa shape index (κ2) is 6.08. The van der Waals surface area contributed by atoms with Crippen LogP contribution in [0.2, 0.25) is 0 Å². The normalized spacial score (nSPS) is 19.2. The predicted octanol–water partition coefficient (Wildman–Crippen LogP) is 3.76. The molecule has 1 fully saturated rings. The Hall–Kier alpha value is -1.16. The molecule has 1 aliphatic rings. The lowest BCUT2D eigenvalue weighted by atomic mass is 9.95. The van der Waals surface area contributed by atoms with Crippen molar-refractivity contribution in [2.45, 2.75) is 25.6 Å². The highest BCUT2D eigenvalue weighted by atomic mass is 32.1. The molecule has 1 aromatic heterocycles. The average Bonchev–Trinajstić information content (AvgIpc) is 2.82. The Morgan fingerprint density at radius 1 is 1.25 bits per heavy atom. The van der Waals surface area contributed by atoms with Crippen molar-refractivity contribution in [2.75, 3.05) is 20.6 Å². The van der Waals surface area contributed by atoms with Gasteiger partial charge in [-0.25, -0.2) is 0 Å². The van der Waals surface area contributed by atoms with E-state index in [0.717, 1.165) is 13.1 Å². The van der Waals surface area contributed by atoms with Gasteiger partial charge in [0.1, 0.15) is 0 Å². The number of hydrogen-bond donors (Lipinski definition) is 0. The molecule has 0 saturated carbocycles. The fourth-order valence-corrected chi connectivity index (χ4v) is 3.75. The molecule has 3 rings (SSSR count). The second-order valence-electron chi connectivity index (χ2n) is 5.84. The molecule has 20 heavy (non-hydrogen) atoms. The summed E-state index contributed by atoms with van der Waals surface area (Å²) in [6, 6.07) is 13.9. The molecule has 0 amide bonds. The highest BCUT2D eigenvalue weighted by molar-refractivity contribution is 7.10. The number of hydrogen-bond acceptors (Lipinski definition) is 3. The van der Waals surface area contributed by atoms with Crippen molar-refractivity contribution in [3.63, 3.8) is 0 Å². The first-order valence-electron chi connectivity index (χ1n) is 7.22. The lowest BCUT2D eigenvalue weighted by Crippen LogP contribution is -2.39. The van der Waals surface area contributed by atoms with Gasteiger partial charge < -0.3 is 4.90 Å². The lowest BCUT2D eigenvalue weighted by molar-refractivity contribution is 0.0831. The van der Waals surface area contributed by atoms with Crippen LogP contribution in [0.25, 0.3) is 0 Å². The van der Waals surface area contributed by atoms with Gasteiger partial charge in [0, 0.05) is 30.6 Å². The van der Waals surface area contributed by atoms with Crippen LogP contribution < -0.4 is 0 Å². The minimum absolute atomic E-state index is 0.621. The molecule has 0 unspecified atom stereocenters. The minimum atomic E-state index is 0.621. The molecule has 0 bridgehead atoms. The first-order valence-corrected chi connectivity index (χ1v) is 8.10. The summed E-state index contributed by atoms with van der Waals surface area (Å²) in [5, 5.41) is 2.30. The molecule has 1 atom stereocenters. The van der Waals surface area contributed by atoms with Crippen molar-refractivity contribution in [1.29, 1.82) is 0 Å². The van der Waals surface area contributed by atoms with Crippen LogP contribution in [0.15, 0.2) is 41.8 Å². The van der Waals surface area contributed by atoms with Crippen molar-refractivity contribution >= 4 is 11.3 Å². The molecule has 0 aliphatic carbocycles. The van der Waals surface area contributed by atoms with Crippen molar-refractivity contribution in [3.8, 4) is 0 Å². The maximum Gasteiger partial charge on any atom is 0.0364 e. The SMILES string of the molecule is CN(C)Cc1csc(CN2CC[C@@H]2c2ccccc2)c1. The molecule has 0 N–H and O–H groups in total. The Balaban J connectivity index is 1.62. The smallest absolute Gasteiger partial charge is 0.0364 e. The number of likely N-dealkylation sites (tertiary alicyclic amines) is 1. The standard InChI is InChI=1S/C17H22N2S/c1-18(2)11-14-10-16(20-13-14)12-19-9-8-17(19)15-6-4-3-5-7-15/h3-7,10,13,17H,8-9,11-12H2,1-2H3/t17-/m1/s1. The van der Waals surface area contributed by atoms with E-state index >= 15 is 0 Å². The van der Waals surface area contributed by atoms with Crippen molar-refractivity contribution < 1.29 is 0 Å². The third-order valence-corrected chi connectivity index (χ3v) is 4.85. The van der Waals surface area contributed by atoms with Gasteiger partial charge in [-0.3, -0.25) is 4.90 Å². The highest BCUT2D eigenvalue weighted by Crippen LogP contribution is 2.35. The van der Waals surface area contributed by atoms with E-state index in [4.69, 9.17) is 0 Å². The molecule has 2 nitrogen and oxygen atoms in total. The van der Waals surface area contributed by atoms with Crippen LogP contribution in [0.4, 0.5) is 0 Å². The van der Waals surface area contributed by atoms with Crippen LogP contribution in [-0.2, 0) is 13.1 Å².